The van der Waals surface area contributed by atoms with Crippen LogP contribution in [-0.2, 0) is 4.79 Å². The van der Waals surface area contributed by atoms with Crippen LogP contribution < -0.4 is 10.6 Å². The minimum absolute atomic E-state index is 0.0600. The lowest BCUT2D eigenvalue weighted by Gasteiger charge is -2.06. The quantitative estimate of drug-likeness (QED) is 0.803. The summed E-state index contributed by atoms with van der Waals surface area (Å²) in [7, 11) is 0. The number of nitrogens with zero attached hydrogens (tertiary/aromatic N) is 1. The van der Waals surface area contributed by atoms with E-state index in [1.807, 2.05) is 30.3 Å². The molecule has 1 heterocycles. The van der Waals surface area contributed by atoms with Gasteiger partial charge < -0.3 is 10.6 Å². The highest BCUT2D eigenvalue weighted by molar-refractivity contribution is 7.12. The zero-order valence-electron chi connectivity index (χ0n) is 11.8. The van der Waals surface area contributed by atoms with E-state index in [0.717, 1.165) is 5.56 Å². The zero-order chi connectivity index (χ0) is 15.1. The molecule has 0 aliphatic heterocycles. The van der Waals surface area contributed by atoms with Gasteiger partial charge in [-0.25, -0.2) is 4.98 Å². The van der Waals surface area contributed by atoms with Crippen LogP contribution in [0.2, 0.25) is 0 Å². The zero-order valence-corrected chi connectivity index (χ0v) is 12.6. The van der Waals surface area contributed by atoms with Gasteiger partial charge in [0.2, 0.25) is 5.91 Å². The second-order valence-corrected chi connectivity index (χ2v) is 5.34. The first-order valence-corrected chi connectivity index (χ1v) is 7.58. The molecule has 0 spiro atoms. The number of aromatic nitrogens is 1. The molecule has 1 aromatic carbocycles. The predicted octanol–water partition coefficient (Wildman–Crippen LogP) is 2.07. The van der Waals surface area contributed by atoms with Crippen LogP contribution in [0.3, 0.4) is 0 Å². The first-order chi connectivity index (χ1) is 10.2. The van der Waals surface area contributed by atoms with Crippen molar-refractivity contribution in [3.05, 3.63) is 40.7 Å². The third-order valence-corrected chi connectivity index (χ3v) is 3.66. The number of hydrogen-bond donors (Lipinski definition) is 2. The van der Waals surface area contributed by atoms with E-state index >= 15 is 0 Å². The lowest BCUT2D eigenvalue weighted by atomic mass is 10.1. The normalized spacial score (nSPS) is 10.1. The Morgan fingerprint density at radius 1 is 1.14 bits per heavy atom. The van der Waals surface area contributed by atoms with Crippen molar-refractivity contribution in [3.63, 3.8) is 0 Å². The second-order valence-electron chi connectivity index (χ2n) is 4.49. The van der Waals surface area contributed by atoms with Gasteiger partial charge in [-0.15, -0.1) is 11.3 Å². The van der Waals surface area contributed by atoms with Crippen LogP contribution in [0.1, 0.15) is 23.0 Å². The number of rotatable bonds is 6. The number of amides is 2. The summed E-state index contributed by atoms with van der Waals surface area (Å²) < 4.78 is 0. The maximum absolute atomic E-state index is 12.2. The molecule has 0 saturated carbocycles. The first-order valence-electron chi connectivity index (χ1n) is 6.70. The summed E-state index contributed by atoms with van der Waals surface area (Å²) in [6.45, 7) is 2.55. The van der Waals surface area contributed by atoms with Crippen LogP contribution in [0.4, 0.5) is 0 Å². The van der Waals surface area contributed by atoms with Crippen molar-refractivity contribution in [1.29, 1.82) is 0 Å². The van der Waals surface area contributed by atoms with Gasteiger partial charge in [-0.2, -0.15) is 0 Å². The van der Waals surface area contributed by atoms with Gasteiger partial charge in [0, 0.05) is 25.6 Å². The molecule has 0 bridgehead atoms. The van der Waals surface area contributed by atoms with Gasteiger partial charge in [-0.05, 0) is 6.42 Å². The lowest BCUT2D eigenvalue weighted by Crippen LogP contribution is -2.28. The predicted molar refractivity (Wildman–Crippen MR) is 83.2 cm³/mol. The van der Waals surface area contributed by atoms with Gasteiger partial charge in [-0.3, -0.25) is 9.59 Å². The summed E-state index contributed by atoms with van der Waals surface area (Å²) >= 11 is 1.33. The van der Waals surface area contributed by atoms with Crippen LogP contribution >= 0.6 is 11.3 Å². The SMILES string of the molecule is CC(=O)NCCCNC(=O)c1scnc1-c1ccccc1. The number of carbonyl (C=O) groups excluding carboxylic acids is 2. The third kappa shape index (κ3) is 4.39. The number of benzene rings is 1. The van der Waals surface area contributed by atoms with Crippen molar-refractivity contribution in [2.75, 3.05) is 13.1 Å². The molecule has 0 aliphatic rings. The standard InChI is InChI=1S/C15H17N3O2S/c1-11(19)16-8-5-9-17-15(20)14-13(18-10-21-14)12-6-3-2-4-7-12/h2-4,6-7,10H,5,8-9H2,1H3,(H,16,19)(H,17,20). The maximum atomic E-state index is 12.2. The molecule has 110 valence electrons. The fraction of sp³-hybridized carbons (Fsp3) is 0.267. The van der Waals surface area contributed by atoms with E-state index in [0.29, 0.717) is 30.1 Å². The van der Waals surface area contributed by atoms with Crippen molar-refractivity contribution >= 4 is 23.2 Å². The Balaban J connectivity index is 1.92. The molecular formula is C15H17N3O2S. The average Bonchev–Trinajstić information content (AvgIpc) is 2.97. The third-order valence-electron chi connectivity index (χ3n) is 2.83. The van der Waals surface area contributed by atoms with E-state index in [1.165, 1.54) is 18.3 Å². The summed E-state index contributed by atoms with van der Waals surface area (Å²) in [5.41, 5.74) is 3.32. The van der Waals surface area contributed by atoms with Crippen molar-refractivity contribution in [3.8, 4) is 11.3 Å². The number of thiazole rings is 1. The molecule has 0 aliphatic carbocycles. The van der Waals surface area contributed by atoms with Crippen LogP contribution in [0.5, 0.6) is 0 Å². The maximum Gasteiger partial charge on any atom is 0.263 e. The summed E-state index contributed by atoms with van der Waals surface area (Å²) in [6.07, 6.45) is 0.699. The molecule has 1 aromatic heterocycles. The number of hydrogen-bond acceptors (Lipinski definition) is 4. The fourth-order valence-electron chi connectivity index (χ4n) is 1.84. The van der Waals surface area contributed by atoms with Gasteiger partial charge >= 0.3 is 0 Å². The second kappa shape index (κ2) is 7.54. The van der Waals surface area contributed by atoms with Gasteiger partial charge in [0.05, 0.1) is 11.2 Å². The van der Waals surface area contributed by atoms with E-state index in [2.05, 4.69) is 15.6 Å². The molecule has 2 aromatic rings. The van der Waals surface area contributed by atoms with Crippen molar-refractivity contribution in [1.82, 2.24) is 15.6 Å². The fourth-order valence-corrected chi connectivity index (χ4v) is 2.57. The Morgan fingerprint density at radius 3 is 2.57 bits per heavy atom. The highest BCUT2D eigenvalue weighted by Crippen LogP contribution is 2.24. The Morgan fingerprint density at radius 2 is 1.86 bits per heavy atom. The molecule has 0 fully saturated rings. The van der Waals surface area contributed by atoms with E-state index in [4.69, 9.17) is 0 Å². The van der Waals surface area contributed by atoms with Gasteiger partial charge in [0.25, 0.3) is 5.91 Å². The molecular weight excluding hydrogens is 286 g/mol. The molecule has 0 saturated heterocycles. The number of carbonyl (C=O) groups is 2. The topological polar surface area (TPSA) is 71.1 Å². The van der Waals surface area contributed by atoms with Crippen LogP contribution in [0.25, 0.3) is 11.3 Å². The molecule has 2 amide bonds. The Bertz CT molecular complexity index is 610. The summed E-state index contributed by atoms with van der Waals surface area (Å²) in [6, 6.07) is 9.64. The van der Waals surface area contributed by atoms with Crippen LogP contribution in [0, 0.1) is 0 Å². The van der Waals surface area contributed by atoms with E-state index in [9.17, 15) is 9.59 Å². The van der Waals surface area contributed by atoms with E-state index in [-0.39, 0.29) is 11.8 Å². The molecule has 6 heteroatoms. The molecule has 0 radical (unpaired) electrons. The molecule has 0 unspecified atom stereocenters. The van der Waals surface area contributed by atoms with Gasteiger partial charge in [-0.1, -0.05) is 30.3 Å². The Kier molecular flexibility index (Phi) is 5.45. The number of nitrogens with one attached hydrogen (secondary N) is 2. The minimum Gasteiger partial charge on any atom is -0.356 e. The highest BCUT2D eigenvalue weighted by Gasteiger charge is 2.15. The monoisotopic (exact) mass is 303 g/mol. The minimum atomic E-state index is -0.126. The van der Waals surface area contributed by atoms with E-state index < -0.39 is 0 Å². The Hall–Kier alpha value is -2.21. The average molecular weight is 303 g/mol. The molecule has 2 rings (SSSR count). The summed E-state index contributed by atoms with van der Waals surface area (Å²) in [5, 5.41) is 5.54. The summed E-state index contributed by atoms with van der Waals surface area (Å²) in [5.74, 6) is -0.186. The van der Waals surface area contributed by atoms with E-state index in [1.54, 1.807) is 5.51 Å². The van der Waals surface area contributed by atoms with Crippen LogP contribution in [-0.4, -0.2) is 29.9 Å². The molecule has 0 atom stereocenters. The van der Waals surface area contributed by atoms with Gasteiger partial charge in [0.15, 0.2) is 0 Å². The van der Waals surface area contributed by atoms with Crippen molar-refractivity contribution in [2.45, 2.75) is 13.3 Å². The van der Waals surface area contributed by atoms with Crippen LogP contribution in [0.15, 0.2) is 35.8 Å². The van der Waals surface area contributed by atoms with Crippen molar-refractivity contribution in [2.24, 2.45) is 0 Å². The molecule has 5 nitrogen and oxygen atoms in total. The summed E-state index contributed by atoms with van der Waals surface area (Å²) in [4.78, 5) is 27.8. The highest BCUT2D eigenvalue weighted by atomic mass is 32.1. The Labute approximate surface area is 127 Å². The van der Waals surface area contributed by atoms with Crippen molar-refractivity contribution < 1.29 is 9.59 Å². The largest absolute Gasteiger partial charge is 0.356 e. The lowest BCUT2D eigenvalue weighted by molar-refractivity contribution is -0.118. The molecule has 21 heavy (non-hydrogen) atoms. The first kappa shape index (κ1) is 15.2. The smallest absolute Gasteiger partial charge is 0.263 e. The molecule has 2 N–H and O–H groups in total. The van der Waals surface area contributed by atoms with Gasteiger partial charge in [0.1, 0.15) is 4.88 Å².